The van der Waals surface area contributed by atoms with Crippen LogP contribution in [0.4, 0.5) is 8.78 Å². The Labute approximate surface area is 168 Å². The van der Waals surface area contributed by atoms with E-state index in [9.17, 15) is 23.2 Å². The van der Waals surface area contributed by atoms with Gasteiger partial charge in [0.15, 0.2) is 17.7 Å². The SMILES string of the molecule is C=CC(=O)N1CCCC(C(=O)N2CCc3c(ccc(F)c3F)C2C(=O)OCC)C1. The number of rotatable bonds is 4. The van der Waals surface area contributed by atoms with Crippen LogP contribution < -0.4 is 0 Å². The number of hydrogen-bond donors (Lipinski definition) is 0. The minimum atomic E-state index is -1.13. The lowest BCUT2D eigenvalue weighted by Crippen LogP contribution is -2.51. The minimum absolute atomic E-state index is 0.0710. The molecular weight excluding hydrogens is 382 g/mol. The molecule has 1 aromatic rings. The van der Waals surface area contributed by atoms with Gasteiger partial charge < -0.3 is 14.5 Å². The normalized spacial score (nSPS) is 21.3. The number of ether oxygens (including phenoxy) is 1. The van der Waals surface area contributed by atoms with Crippen LogP contribution >= 0.6 is 0 Å². The fourth-order valence-electron chi connectivity index (χ4n) is 4.10. The van der Waals surface area contributed by atoms with Crippen LogP contribution in [0.25, 0.3) is 0 Å². The van der Waals surface area contributed by atoms with Crippen molar-refractivity contribution in [1.82, 2.24) is 9.80 Å². The lowest BCUT2D eigenvalue weighted by atomic mass is 9.89. The Kier molecular flexibility index (Phi) is 6.30. The average Bonchev–Trinajstić information content (AvgIpc) is 2.74. The van der Waals surface area contributed by atoms with Gasteiger partial charge in [-0.25, -0.2) is 13.6 Å². The van der Waals surface area contributed by atoms with Crippen LogP contribution in [0.3, 0.4) is 0 Å². The third-order valence-electron chi connectivity index (χ3n) is 5.49. The maximum absolute atomic E-state index is 14.3. The molecule has 6 nitrogen and oxygen atoms in total. The molecule has 0 aromatic heterocycles. The minimum Gasteiger partial charge on any atom is -0.464 e. The molecule has 2 unspecified atom stereocenters. The van der Waals surface area contributed by atoms with Crippen LogP contribution in [0.5, 0.6) is 0 Å². The Hall–Kier alpha value is -2.77. The van der Waals surface area contributed by atoms with Gasteiger partial charge in [0.1, 0.15) is 0 Å². The predicted octanol–water partition coefficient (Wildman–Crippen LogP) is 2.38. The summed E-state index contributed by atoms with van der Waals surface area (Å²) in [5.41, 5.74) is 0.344. The Balaban J connectivity index is 1.91. The summed E-state index contributed by atoms with van der Waals surface area (Å²) in [4.78, 5) is 40.8. The lowest BCUT2D eigenvalue weighted by Gasteiger charge is -2.40. The molecule has 1 fully saturated rings. The van der Waals surface area contributed by atoms with Gasteiger partial charge in [-0.1, -0.05) is 12.6 Å². The molecule has 2 aliphatic rings. The van der Waals surface area contributed by atoms with Gasteiger partial charge in [-0.15, -0.1) is 0 Å². The molecule has 2 heterocycles. The quantitative estimate of drug-likeness (QED) is 0.569. The van der Waals surface area contributed by atoms with Crippen molar-refractivity contribution < 1.29 is 27.9 Å². The van der Waals surface area contributed by atoms with Crippen molar-refractivity contribution >= 4 is 17.8 Å². The van der Waals surface area contributed by atoms with Gasteiger partial charge in [0.25, 0.3) is 0 Å². The largest absolute Gasteiger partial charge is 0.464 e. The van der Waals surface area contributed by atoms with Gasteiger partial charge in [0.2, 0.25) is 11.8 Å². The van der Waals surface area contributed by atoms with E-state index in [1.165, 1.54) is 17.0 Å². The third kappa shape index (κ3) is 4.02. The van der Waals surface area contributed by atoms with E-state index in [0.717, 1.165) is 6.07 Å². The number of benzene rings is 1. The Morgan fingerprint density at radius 1 is 1.28 bits per heavy atom. The van der Waals surface area contributed by atoms with Crippen molar-refractivity contribution in [1.29, 1.82) is 0 Å². The predicted molar refractivity (Wildman–Crippen MR) is 101 cm³/mol. The highest BCUT2D eigenvalue weighted by Gasteiger charge is 2.41. The zero-order valence-electron chi connectivity index (χ0n) is 16.3. The first-order chi connectivity index (χ1) is 13.9. The molecule has 0 saturated carbocycles. The average molecular weight is 406 g/mol. The van der Waals surface area contributed by atoms with Crippen LogP contribution in [-0.4, -0.2) is 53.8 Å². The number of likely N-dealkylation sites (tertiary alicyclic amines) is 1. The first-order valence-electron chi connectivity index (χ1n) is 9.74. The number of carbonyl (C=O) groups excluding carboxylic acids is 3. The van der Waals surface area contributed by atoms with E-state index in [1.807, 2.05) is 0 Å². The molecule has 8 heteroatoms. The fraction of sp³-hybridized carbons (Fsp3) is 0.476. The second kappa shape index (κ2) is 8.71. The van der Waals surface area contributed by atoms with E-state index in [2.05, 4.69) is 6.58 Å². The molecule has 0 spiro atoms. The monoisotopic (exact) mass is 406 g/mol. The maximum Gasteiger partial charge on any atom is 0.333 e. The van der Waals surface area contributed by atoms with E-state index in [1.54, 1.807) is 11.8 Å². The van der Waals surface area contributed by atoms with Crippen molar-refractivity contribution in [3.8, 4) is 0 Å². The molecule has 2 amide bonds. The first-order valence-corrected chi connectivity index (χ1v) is 9.74. The van der Waals surface area contributed by atoms with Crippen molar-refractivity contribution in [3.63, 3.8) is 0 Å². The number of halogens is 2. The highest BCUT2D eigenvalue weighted by atomic mass is 19.2. The molecule has 0 bridgehead atoms. The van der Waals surface area contributed by atoms with Gasteiger partial charge in [-0.3, -0.25) is 9.59 Å². The second-order valence-electron chi connectivity index (χ2n) is 7.19. The van der Waals surface area contributed by atoms with E-state index in [-0.39, 0.29) is 49.1 Å². The zero-order chi connectivity index (χ0) is 21.1. The molecule has 1 saturated heterocycles. The molecule has 3 rings (SSSR count). The molecule has 1 aromatic carbocycles. The fourth-order valence-corrected chi connectivity index (χ4v) is 4.10. The summed E-state index contributed by atoms with van der Waals surface area (Å²) in [6.45, 7) is 6.07. The van der Waals surface area contributed by atoms with E-state index >= 15 is 0 Å². The summed E-state index contributed by atoms with van der Waals surface area (Å²) in [5, 5.41) is 0. The summed E-state index contributed by atoms with van der Waals surface area (Å²) < 4.78 is 33.1. The number of fused-ring (bicyclic) bond motifs is 1. The van der Waals surface area contributed by atoms with Gasteiger partial charge in [-0.2, -0.15) is 0 Å². The Bertz CT molecular complexity index is 842. The summed E-state index contributed by atoms with van der Waals surface area (Å²) >= 11 is 0. The van der Waals surface area contributed by atoms with Crippen LogP contribution in [0, 0.1) is 17.6 Å². The molecule has 156 valence electrons. The van der Waals surface area contributed by atoms with Gasteiger partial charge >= 0.3 is 5.97 Å². The van der Waals surface area contributed by atoms with Crippen LogP contribution in [0.2, 0.25) is 0 Å². The molecule has 29 heavy (non-hydrogen) atoms. The van der Waals surface area contributed by atoms with Gasteiger partial charge in [0, 0.05) is 19.6 Å². The number of nitrogens with zero attached hydrogens (tertiary/aromatic N) is 2. The number of carbonyl (C=O) groups is 3. The van der Waals surface area contributed by atoms with Crippen LogP contribution in [-0.2, 0) is 25.5 Å². The summed E-state index contributed by atoms with van der Waals surface area (Å²) in [5.74, 6) is -3.67. The smallest absolute Gasteiger partial charge is 0.333 e. The first kappa shape index (κ1) is 21.0. The summed E-state index contributed by atoms with van der Waals surface area (Å²) in [7, 11) is 0. The highest BCUT2D eigenvalue weighted by molar-refractivity contribution is 5.90. The van der Waals surface area contributed by atoms with Gasteiger partial charge in [-0.05, 0) is 49.5 Å². The maximum atomic E-state index is 14.3. The number of hydrogen-bond acceptors (Lipinski definition) is 4. The topological polar surface area (TPSA) is 66.9 Å². The van der Waals surface area contributed by atoms with Crippen molar-refractivity contribution in [3.05, 3.63) is 47.5 Å². The molecule has 0 N–H and O–H groups in total. The van der Waals surface area contributed by atoms with Crippen LogP contribution in [0.15, 0.2) is 24.8 Å². The molecule has 2 aliphatic heterocycles. The standard InChI is InChI=1S/C21H24F2N2O4/c1-3-17(26)24-10-5-6-13(12-24)20(27)25-11-9-14-15(7-8-16(22)18(14)23)19(25)21(28)29-4-2/h3,7-8,13,19H,1,4-6,9-12H2,2H3. The third-order valence-corrected chi connectivity index (χ3v) is 5.49. The highest BCUT2D eigenvalue weighted by Crippen LogP contribution is 2.35. The van der Waals surface area contributed by atoms with Crippen molar-refractivity contribution in [2.24, 2.45) is 5.92 Å². The van der Waals surface area contributed by atoms with Gasteiger partial charge in [0.05, 0.1) is 12.5 Å². The van der Waals surface area contributed by atoms with Crippen LogP contribution in [0.1, 0.15) is 36.9 Å². The molecule has 0 aliphatic carbocycles. The zero-order valence-corrected chi connectivity index (χ0v) is 16.3. The number of piperidine rings is 1. The second-order valence-corrected chi connectivity index (χ2v) is 7.19. The van der Waals surface area contributed by atoms with E-state index < -0.39 is 29.6 Å². The van der Waals surface area contributed by atoms with Crippen molar-refractivity contribution in [2.75, 3.05) is 26.2 Å². The Morgan fingerprint density at radius 3 is 2.72 bits per heavy atom. The molecular formula is C21H24F2N2O4. The van der Waals surface area contributed by atoms with Crippen molar-refractivity contribution in [2.45, 2.75) is 32.2 Å². The number of amides is 2. The number of esters is 1. The van der Waals surface area contributed by atoms with E-state index in [0.29, 0.717) is 19.4 Å². The summed E-state index contributed by atoms with van der Waals surface area (Å²) in [6, 6.07) is 1.16. The molecule has 2 atom stereocenters. The lowest BCUT2D eigenvalue weighted by molar-refractivity contribution is -0.158. The Morgan fingerprint density at radius 2 is 2.03 bits per heavy atom. The summed E-state index contributed by atoms with van der Waals surface area (Å²) in [6.07, 6.45) is 2.55. The van der Waals surface area contributed by atoms with E-state index in [4.69, 9.17) is 4.74 Å². The molecule has 0 radical (unpaired) electrons.